The molecule has 0 aliphatic carbocycles. The van der Waals surface area contributed by atoms with E-state index in [1.165, 1.54) is 22.5 Å². The molecule has 170 valence electrons. The number of hydrogen-bond acceptors (Lipinski definition) is 8. The Labute approximate surface area is 193 Å². The van der Waals surface area contributed by atoms with Crippen LogP contribution in [0.2, 0.25) is 5.02 Å². The number of benzene rings is 2. The van der Waals surface area contributed by atoms with Gasteiger partial charge in [0.1, 0.15) is 0 Å². The number of halogens is 1. The third-order valence-corrected chi connectivity index (χ3v) is 6.69. The second kappa shape index (κ2) is 10.2. The largest absolute Gasteiger partial charge is 0.502 e. The number of anilines is 1. The van der Waals surface area contributed by atoms with E-state index in [4.69, 9.17) is 28.6 Å². The zero-order chi connectivity index (χ0) is 23.3. The number of aromatic hydroxyl groups is 1. The first kappa shape index (κ1) is 23.8. The molecule has 2 aromatic carbocycles. The molecule has 2 aromatic rings. The first-order valence-electron chi connectivity index (χ1n) is 9.13. The van der Waals surface area contributed by atoms with Crippen LogP contribution < -0.4 is 10.7 Å². The summed E-state index contributed by atoms with van der Waals surface area (Å²) in [6, 6.07) is 8.36. The van der Waals surface area contributed by atoms with Crippen molar-refractivity contribution in [1.82, 2.24) is 9.73 Å². The zero-order valence-corrected chi connectivity index (χ0v) is 18.8. The molecule has 0 spiro atoms. The fourth-order valence-corrected chi connectivity index (χ4v) is 4.61. The molecule has 11 nitrogen and oxygen atoms in total. The smallest absolute Gasteiger partial charge is 0.312 e. The fraction of sp³-hybridized carbons (Fsp3) is 0.222. The number of phenolic OH excluding ortho intramolecular Hbond substituents is 1. The van der Waals surface area contributed by atoms with Crippen LogP contribution in [0.3, 0.4) is 0 Å². The molecule has 0 radical (unpaired) electrons. The molecular formula is C18H18ClN5O6S2. The third-order valence-electron chi connectivity index (χ3n) is 4.37. The summed E-state index contributed by atoms with van der Waals surface area (Å²) < 4.78 is 31.8. The van der Waals surface area contributed by atoms with Crippen LogP contribution in [0, 0.1) is 10.1 Å². The molecule has 1 fully saturated rings. The molecule has 14 heteroatoms. The lowest BCUT2D eigenvalue weighted by atomic mass is 10.2. The first-order valence-corrected chi connectivity index (χ1v) is 11.4. The molecule has 3 rings (SSSR count). The van der Waals surface area contributed by atoms with Crippen LogP contribution in [-0.4, -0.2) is 60.4 Å². The summed E-state index contributed by atoms with van der Waals surface area (Å²) in [4.78, 5) is 10.3. The van der Waals surface area contributed by atoms with E-state index in [1.807, 2.05) is 0 Å². The number of nitrogens with zero attached hydrogens (tertiary/aromatic N) is 3. The number of nitro groups is 1. The van der Waals surface area contributed by atoms with Crippen LogP contribution in [-0.2, 0) is 14.8 Å². The van der Waals surface area contributed by atoms with Crippen molar-refractivity contribution in [3.05, 3.63) is 57.1 Å². The lowest BCUT2D eigenvalue weighted by molar-refractivity contribution is -0.385. The first-order chi connectivity index (χ1) is 15.2. The Morgan fingerprint density at radius 1 is 1.28 bits per heavy atom. The van der Waals surface area contributed by atoms with E-state index >= 15 is 0 Å². The molecule has 32 heavy (non-hydrogen) atoms. The molecule has 0 bridgehead atoms. The van der Waals surface area contributed by atoms with E-state index in [0.717, 1.165) is 12.3 Å². The van der Waals surface area contributed by atoms with Gasteiger partial charge in [0.2, 0.25) is 15.8 Å². The Morgan fingerprint density at radius 3 is 2.56 bits per heavy atom. The second-order valence-corrected chi connectivity index (χ2v) is 9.27. The van der Waals surface area contributed by atoms with E-state index in [9.17, 15) is 23.6 Å². The Bertz CT molecular complexity index is 1150. The van der Waals surface area contributed by atoms with Crippen molar-refractivity contribution in [2.75, 3.05) is 31.6 Å². The number of sulfonamides is 1. The molecule has 0 amide bonds. The summed E-state index contributed by atoms with van der Waals surface area (Å²) in [7, 11) is -3.60. The summed E-state index contributed by atoms with van der Waals surface area (Å²) in [5, 5.41) is 27.7. The summed E-state index contributed by atoms with van der Waals surface area (Å²) in [5.74, 6) is -0.583. The highest BCUT2D eigenvalue weighted by Gasteiger charge is 2.26. The molecule has 1 aliphatic heterocycles. The maximum absolute atomic E-state index is 12.6. The van der Waals surface area contributed by atoms with Gasteiger partial charge >= 0.3 is 5.69 Å². The van der Waals surface area contributed by atoms with Crippen molar-refractivity contribution < 1.29 is 23.2 Å². The summed E-state index contributed by atoms with van der Waals surface area (Å²) in [6.07, 6.45) is 1.13. The topological polar surface area (TPSA) is 146 Å². The molecule has 1 saturated heterocycles. The normalized spacial score (nSPS) is 14.9. The molecule has 1 aliphatic rings. The molecule has 1 heterocycles. The van der Waals surface area contributed by atoms with Gasteiger partial charge in [-0.05, 0) is 42.5 Å². The van der Waals surface area contributed by atoms with Gasteiger partial charge in [-0.15, -0.1) is 0 Å². The number of phenols is 1. The van der Waals surface area contributed by atoms with E-state index in [-0.39, 0.29) is 20.6 Å². The van der Waals surface area contributed by atoms with E-state index < -0.39 is 26.4 Å². The van der Waals surface area contributed by atoms with Crippen molar-refractivity contribution >= 4 is 56.5 Å². The number of nitro benzene ring substituents is 1. The number of morpholine rings is 1. The van der Waals surface area contributed by atoms with Crippen molar-refractivity contribution in [3.63, 3.8) is 0 Å². The minimum atomic E-state index is -3.60. The van der Waals surface area contributed by atoms with E-state index in [0.29, 0.717) is 32.0 Å². The number of hydrogen-bond donors (Lipinski definition) is 3. The lowest BCUT2D eigenvalue weighted by Crippen LogP contribution is -2.40. The molecular weight excluding hydrogens is 482 g/mol. The molecule has 0 atom stereocenters. The molecule has 0 unspecified atom stereocenters. The van der Waals surface area contributed by atoms with Gasteiger partial charge in [-0.1, -0.05) is 11.6 Å². The maximum Gasteiger partial charge on any atom is 0.312 e. The van der Waals surface area contributed by atoms with Crippen molar-refractivity contribution in [2.45, 2.75) is 4.90 Å². The number of hydrazone groups is 1. The van der Waals surface area contributed by atoms with Gasteiger partial charge < -0.3 is 15.2 Å². The molecule has 0 saturated carbocycles. The van der Waals surface area contributed by atoms with Crippen LogP contribution in [0.1, 0.15) is 5.56 Å². The summed E-state index contributed by atoms with van der Waals surface area (Å²) in [5.41, 5.74) is 2.49. The van der Waals surface area contributed by atoms with Gasteiger partial charge in [-0.2, -0.15) is 9.41 Å². The zero-order valence-electron chi connectivity index (χ0n) is 16.4. The van der Waals surface area contributed by atoms with Gasteiger partial charge in [0, 0.05) is 35.4 Å². The van der Waals surface area contributed by atoms with Crippen LogP contribution in [0.4, 0.5) is 11.4 Å². The van der Waals surface area contributed by atoms with Gasteiger partial charge in [0.05, 0.1) is 29.2 Å². The van der Waals surface area contributed by atoms with Crippen LogP contribution in [0.15, 0.2) is 46.4 Å². The quantitative estimate of drug-likeness (QED) is 0.236. The average molecular weight is 500 g/mol. The fourth-order valence-electron chi connectivity index (χ4n) is 2.81. The standard InChI is InChI=1S/C18H18ClN5O6S2/c19-13-9-12(17(25)16(10-13)24(26)27)11-20-22-18(31)21-14-1-3-15(4-2-14)32(28,29)23-5-7-30-8-6-23/h1-4,9-11,25H,5-8H2,(H2,21,22,31)/b20-11+. The number of thiocarbonyl (C=S) groups is 1. The Hall–Kier alpha value is -2.84. The monoisotopic (exact) mass is 499 g/mol. The average Bonchev–Trinajstić information content (AvgIpc) is 2.76. The van der Waals surface area contributed by atoms with Gasteiger partial charge in [-0.3, -0.25) is 15.5 Å². The van der Waals surface area contributed by atoms with Crippen LogP contribution >= 0.6 is 23.8 Å². The SMILES string of the molecule is O=[N+]([O-])c1cc(Cl)cc(/C=N/NC(=S)Nc2ccc(S(=O)(=O)N3CCOCC3)cc2)c1O. The minimum absolute atomic E-state index is 0.0252. The highest BCUT2D eigenvalue weighted by molar-refractivity contribution is 7.89. The van der Waals surface area contributed by atoms with E-state index in [2.05, 4.69) is 15.8 Å². The Morgan fingerprint density at radius 2 is 1.94 bits per heavy atom. The van der Waals surface area contributed by atoms with Crippen molar-refractivity contribution in [1.29, 1.82) is 0 Å². The number of rotatable bonds is 6. The number of ether oxygens (including phenoxy) is 1. The summed E-state index contributed by atoms with van der Waals surface area (Å²) in [6.45, 7) is 1.33. The second-order valence-electron chi connectivity index (χ2n) is 6.48. The van der Waals surface area contributed by atoms with E-state index in [1.54, 1.807) is 12.1 Å². The van der Waals surface area contributed by atoms with Gasteiger partial charge in [0.25, 0.3) is 0 Å². The van der Waals surface area contributed by atoms with Crippen molar-refractivity contribution in [3.8, 4) is 5.75 Å². The van der Waals surface area contributed by atoms with Crippen LogP contribution in [0.5, 0.6) is 5.75 Å². The number of nitrogens with one attached hydrogen (secondary N) is 2. The molecule has 0 aromatic heterocycles. The van der Waals surface area contributed by atoms with Crippen molar-refractivity contribution in [2.24, 2.45) is 5.10 Å². The Balaban J connectivity index is 1.62. The third kappa shape index (κ3) is 5.69. The summed E-state index contributed by atoms with van der Waals surface area (Å²) >= 11 is 10.9. The Kier molecular flexibility index (Phi) is 7.58. The highest BCUT2D eigenvalue weighted by Crippen LogP contribution is 2.32. The minimum Gasteiger partial charge on any atom is -0.502 e. The molecule has 3 N–H and O–H groups in total. The highest BCUT2D eigenvalue weighted by atomic mass is 35.5. The van der Waals surface area contributed by atoms with Gasteiger partial charge in [0.15, 0.2) is 5.11 Å². The van der Waals surface area contributed by atoms with Gasteiger partial charge in [-0.25, -0.2) is 8.42 Å². The maximum atomic E-state index is 12.6. The predicted octanol–water partition coefficient (Wildman–Crippen LogP) is 2.30. The van der Waals surface area contributed by atoms with Crippen LogP contribution in [0.25, 0.3) is 0 Å². The predicted molar refractivity (Wildman–Crippen MR) is 123 cm³/mol. The lowest BCUT2D eigenvalue weighted by Gasteiger charge is -2.26.